The fourth-order valence-corrected chi connectivity index (χ4v) is 7.35. The van der Waals surface area contributed by atoms with Gasteiger partial charge in [-0.25, -0.2) is 0 Å². The van der Waals surface area contributed by atoms with Crippen LogP contribution in [0.15, 0.2) is 72.9 Å². The van der Waals surface area contributed by atoms with Crippen LogP contribution < -0.4 is 5.11 Å². The number of hydrogen-bond acceptors (Lipinski definition) is 7. The smallest absolute Gasteiger partial charge is 0.306 e. The quantitative estimate of drug-likeness (QED) is 0.0197. The second-order valence-corrected chi connectivity index (χ2v) is 18.4. The SMILES string of the molecule is CC/C=C/C/C=C/C/C=C/C/C=C/CCCCCCCCCCCC(=O)OC(COCCC(C(=O)[O-])[N+](C)(C)C)COC(=O)CCCCCCC/C=C/C=C/CCCCCCCCC. The number of nitrogens with zero attached hydrogens (tertiary/aromatic N) is 1. The summed E-state index contributed by atoms with van der Waals surface area (Å²) in [5, 5.41) is 11.7. The molecule has 8 nitrogen and oxygen atoms in total. The number of aliphatic carboxylic acids is 1. The van der Waals surface area contributed by atoms with Crippen molar-refractivity contribution >= 4 is 17.9 Å². The maximum atomic E-state index is 12.8. The summed E-state index contributed by atoms with van der Waals surface area (Å²) < 4.78 is 17.2. The summed E-state index contributed by atoms with van der Waals surface area (Å²) in [5.41, 5.74) is 0. The molecule has 0 saturated heterocycles. The van der Waals surface area contributed by atoms with Crippen molar-refractivity contribution in [3.8, 4) is 0 Å². The van der Waals surface area contributed by atoms with Crippen LogP contribution in [0.4, 0.5) is 0 Å². The molecule has 2 atom stereocenters. The van der Waals surface area contributed by atoms with Crippen LogP contribution in [0.25, 0.3) is 0 Å². The molecule has 368 valence electrons. The molecule has 0 N–H and O–H groups in total. The van der Waals surface area contributed by atoms with Crippen molar-refractivity contribution in [1.82, 2.24) is 0 Å². The molecule has 0 fully saturated rings. The molecule has 0 heterocycles. The van der Waals surface area contributed by atoms with Gasteiger partial charge in [0, 0.05) is 19.3 Å². The molecule has 8 heteroatoms. The minimum Gasteiger partial charge on any atom is -0.544 e. The predicted molar refractivity (Wildman–Crippen MR) is 268 cm³/mol. The molecule has 2 unspecified atom stereocenters. The van der Waals surface area contributed by atoms with E-state index in [9.17, 15) is 19.5 Å². The second-order valence-electron chi connectivity index (χ2n) is 18.4. The molecule has 0 bridgehead atoms. The zero-order chi connectivity index (χ0) is 47.0. The molecule has 0 aromatic carbocycles. The number of carboxylic acid groups (broad SMARTS) is 1. The number of allylic oxidation sites excluding steroid dienone is 12. The Kier molecular flexibility index (Phi) is 44.0. The maximum absolute atomic E-state index is 12.8. The van der Waals surface area contributed by atoms with E-state index >= 15 is 0 Å². The van der Waals surface area contributed by atoms with E-state index in [2.05, 4.69) is 86.8 Å². The standard InChI is InChI=1S/C56H97NO7/c1-6-8-10-12-14-16-18-20-22-24-26-27-28-29-31-33-35-37-39-41-43-45-47-55(59)64-52(50-62-49-48-53(56(60)61)57(3,4)5)51-63-54(58)46-44-42-40-38-36-34-32-30-25-23-21-19-17-15-13-11-9-7-2/h8,10,14,16,20,22-23,25-27,30,32,52-53H,6-7,9,11-13,15,17-19,21,24,28-29,31,33-51H2,1-5H3/b10-8+,16-14+,22-20+,25-23+,27-26+,32-30+. The lowest BCUT2D eigenvalue weighted by atomic mass is 10.1. The first-order valence-corrected chi connectivity index (χ1v) is 26.0. The Morgan fingerprint density at radius 2 is 0.922 bits per heavy atom. The van der Waals surface area contributed by atoms with Gasteiger partial charge >= 0.3 is 11.9 Å². The average Bonchev–Trinajstić information content (AvgIpc) is 3.26. The van der Waals surface area contributed by atoms with Crippen LogP contribution in [0, 0.1) is 0 Å². The molecular formula is C56H97NO7. The zero-order valence-corrected chi connectivity index (χ0v) is 41.9. The van der Waals surface area contributed by atoms with Gasteiger partial charge in [0.2, 0.25) is 0 Å². The summed E-state index contributed by atoms with van der Waals surface area (Å²) in [6.45, 7) is 4.53. The third kappa shape index (κ3) is 44.0. The van der Waals surface area contributed by atoms with Crippen LogP contribution in [-0.2, 0) is 28.6 Å². The molecule has 0 rings (SSSR count). The fourth-order valence-electron chi connectivity index (χ4n) is 7.35. The summed E-state index contributed by atoms with van der Waals surface area (Å²) in [4.78, 5) is 37.1. The molecular weight excluding hydrogens is 799 g/mol. The lowest BCUT2D eigenvalue weighted by Crippen LogP contribution is -2.55. The number of carbonyl (C=O) groups excluding carboxylic acids is 3. The molecule has 0 saturated carbocycles. The Hall–Kier alpha value is -3.23. The first-order valence-electron chi connectivity index (χ1n) is 26.0. The predicted octanol–water partition coefficient (Wildman–Crippen LogP) is 13.8. The van der Waals surface area contributed by atoms with Crippen molar-refractivity contribution in [2.75, 3.05) is 41.0 Å². The summed E-state index contributed by atoms with van der Waals surface area (Å²) in [7, 11) is 5.41. The van der Waals surface area contributed by atoms with Crippen molar-refractivity contribution in [1.29, 1.82) is 0 Å². The summed E-state index contributed by atoms with van der Waals surface area (Å²) in [6.07, 6.45) is 59.3. The number of carbonyl (C=O) groups is 3. The topological polar surface area (TPSA) is 102 Å². The number of ether oxygens (including phenoxy) is 3. The summed E-state index contributed by atoms with van der Waals surface area (Å²) >= 11 is 0. The van der Waals surface area contributed by atoms with Gasteiger partial charge in [0.05, 0.1) is 40.3 Å². The van der Waals surface area contributed by atoms with Crippen LogP contribution >= 0.6 is 0 Å². The van der Waals surface area contributed by atoms with Crippen LogP contribution in [0.2, 0.25) is 0 Å². The highest BCUT2D eigenvalue weighted by molar-refractivity contribution is 5.70. The van der Waals surface area contributed by atoms with E-state index in [0.717, 1.165) is 89.9 Å². The Bertz CT molecular complexity index is 1270. The number of esters is 2. The highest BCUT2D eigenvalue weighted by Crippen LogP contribution is 2.14. The highest BCUT2D eigenvalue weighted by Gasteiger charge is 2.25. The molecule has 0 aromatic rings. The van der Waals surface area contributed by atoms with Crippen LogP contribution in [0.1, 0.15) is 213 Å². The molecule has 0 aliphatic carbocycles. The van der Waals surface area contributed by atoms with Gasteiger partial charge in [0.1, 0.15) is 12.6 Å². The lowest BCUT2D eigenvalue weighted by Gasteiger charge is -2.34. The molecule has 0 aromatic heterocycles. The maximum Gasteiger partial charge on any atom is 0.306 e. The fraction of sp³-hybridized carbons (Fsp3) is 0.732. The first kappa shape index (κ1) is 60.8. The van der Waals surface area contributed by atoms with E-state index in [1.165, 1.54) is 89.9 Å². The second kappa shape index (κ2) is 46.3. The largest absolute Gasteiger partial charge is 0.544 e. The van der Waals surface area contributed by atoms with E-state index in [1.54, 1.807) is 21.1 Å². The van der Waals surface area contributed by atoms with Gasteiger partial charge in [-0.3, -0.25) is 9.59 Å². The monoisotopic (exact) mass is 896 g/mol. The number of likely N-dealkylation sites (N-methyl/N-ethyl adjacent to an activating group) is 1. The minimum absolute atomic E-state index is 0.0306. The lowest BCUT2D eigenvalue weighted by molar-refractivity contribution is -0.889. The molecule has 0 aliphatic rings. The van der Waals surface area contributed by atoms with Crippen LogP contribution in [0.5, 0.6) is 0 Å². The van der Waals surface area contributed by atoms with Crippen molar-refractivity contribution in [3.05, 3.63) is 72.9 Å². The Labute approximate surface area is 393 Å². The number of quaternary nitrogens is 1. The Morgan fingerprint density at radius 1 is 0.500 bits per heavy atom. The van der Waals surface area contributed by atoms with Gasteiger partial charge in [-0.15, -0.1) is 0 Å². The zero-order valence-electron chi connectivity index (χ0n) is 41.9. The Morgan fingerprint density at radius 3 is 1.39 bits per heavy atom. The first-order chi connectivity index (χ1) is 31.1. The van der Waals surface area contributed by atoms with Gasteiger partial charge in [-0.1, -0.05) is 189 Å². The Balaban J connectivity index is 4.29. The minimum atomic E-state index is -1.13. The van der Waals surface area contributed by atoms with E-state index < -0.39 is 18.1 Å². The molecule has 0 radical (unpaired) electrons. The third-order valence-electron chi connectivity index (χ3n) is 11.4. The van der Waals surface area contributed by atoms with Gasteiger partial charge < -0.3 is 28.6 Å². The van der Waals surface area contributed by atoms with E-state index in [-0.39, 0.29) is 42.7 Å². The van der Waals surface area contributed by atoms with Gasteiger partial charge in [0.15, 0.2) is 6.10 Å². The van der Waals surface area contributed by atoms with Gasteiger partial charge in [-0.05, 0) is 77.0 Å². The third-order valence-corrected chi connectivity index (χ3v) is 11.4. The van der Waals surface area contributed by atoms with E-state index in [1.807, 2.05) is 0 Å². The summed E-state index contributed by atoms with van der Waals surface area (Å²) in [6, 6.07) is -0.733. The average molecular weight is 896 g/mol. The van der Waals surface area contributed by atoms with Gasteiger partial charge in [-0.2, -0.15) is 0 Å². The van der Waals surface area contributed by atoms with Crippen LogP contribution in [-0.4, -0.2) is 75.5 Å². The molecule has 0 spiro atoms. The van der Waals surface area contributed by atoms with Crippen molar-refractivity contribution in [2.24, 2.45) is 0 Å². The molecule has 64 heavy (non-hydrogen) atoms. The molecule has 0 amide bonds. The number of carboxylic acids is 1. The van der Waals surface area contributed by atoms with Crippen molar-refractivity contribution in [2.45, 2.75) is 225 Å². The van der Waals surface area contributed by atoms with Crippen molar-refractivity contribution in [3.63, 3.8) is 0 Å². The van der Waals surface area contributed by atoms with Crippen molar-refractivity contribution < 1.29 is 38.2 Å². The van der Waals surface area contributed by atoms with Gasteiger partial charge in [0.25, 0.3) is 0 Å². The normalized spacial score (nSPS) is 13.5. The van der Waals surface area contributed by atoms with E-state index in [0.29, 0.717) is 12.8 Å². The highest BCUT2D eigenvalue weighted by atomic mass is 16.6. The van der Waals surface area contributed by atoms with E-state index in [4.69, 9.17) is 14.2 Å². The summed E-state index contributed by atoms with van der Waals surface area (Å²) in [5.74, 6) is -1.76. The number of hydrogen-bond donors (Lipinski definition) is 0. The molecule has 0 aliphatic heterocycles. The van der Waals surface area contributed by atoms with Crippen LogP contribution in [0.3, 0.4) is 0 Å². The number of unbranched alkanes of at least 4 members (excludes halogenated alkanes) is 21. The number of rotatable bonds is 46.